The quantitative estimate of drug-likeness (QED) is 0.722. The zero-order chi connectivity index (χ0) is 10.8. The summed E-state index contributed by atoms with van der Waals surface area (Å²) in [5, 5.41) is 0. The Bertz CT molecular complexity index is 327. The van der Waals surface area contributed by atoms with Gasteiger partial charge in [0.15, 0.2) is 5.75 Å². The standard InChI is InChI=1S/C8H7ClF3NO/c1-5-7(14-8(10,11)12)3-2-6(4-9)13-5/h2-3H,4H2,1H3. The second-order valence-electron chi connectivity index (χ2n) is 2.57. The van der Waals surface area contributed by atoms with Crippen LogP contribution in [0.5, 0.6) is 5.75 Å². The SMILES string of the molecule is Cc1nc(CCl)ccc1OC(F)(F)F. The molecule has 0 amide bonds. The van der Waals surface area contributed by atoms with E-state index in [1.165, 1.54) is 19.1 Å². The molecule has 0 N–H and O–H groups in total. The van der Waals surface area contributed by atoms with Gasteiger partial charge in [-0.25, -0.2) is 0 Å². The summed E-state index contributed by atoms with van der Waals surface area (Å²) in [6.45, 7) is 1.43. The summed E-state index contributed by atoms with van der Waals surface area (Å²) in [5.41, 5.74) is 0.680. The summed E-state index contributed by atoms with van der Waals surface area (Å²) >= 11 is 5.46. The normalized spacial score (nSPS) is 11.5. The van der Waals surface area contributed by atoms with Crippen molar-refractivity contribution in [2.24, 2.45) is 0 Å². The van der Waals surface area contributed by atoms with Crippen LogP contribution in [-0.2, 0) is 5.88 Å². The van der Waals surface area contributed by atoms with Gasteiger partial charge in [-0.3, -0.25) is 4.98 Å². The molecular formula is C8H7ClF3NO. The van der Waals surface area contributed by atoms with Crippen molar-refractivity contribution >= 4 is 11.6 Å². The third kappa shape index (κ3) is 3.06. The maximum Gasteiger partial charge on any atom is 0.573 e. The van der Waals surface area contributed by atoms with Crippen molar-refractivity contribution in [1.29, 1.82) is 0 Å². The number of nitrogens with zero attached hydrogens (tertiary/aromatic N) is 1. The van der Waals surface area contributed by atoms with Gasteiger partial charge in [0.2, 0.25) is 0 Å². The van der Waals surface area contributed by atoms with Gasteiger partial charge >= 0.3 is 6.36 Å². The van der Waals surface area contributed by atoms with Gasteiger partial charge in [-0.2, -0.15) is 0 Å². The van der Waals surface area contributed by atoms with Crippen molar-refractivity contribution in [3.05, 3.63) is 23.5 Å². The predicted molar refractivity (Wildman–Crippen MR) is 45.2 cm³/mol. The molecule has 14 heavy (non-hydrogen) atoms. The summed E-state index contributed by atoms with van der Waals surface area (Å²) in [4.78, 5) is 3.82. The molecule has 0 aromatic carbocycles. The molecule has 2 nitrogen and oxygen atoms in total. The van der Waals surface area contributed by atoms with Crippen LogP contribution >= 0.6 is 11.6 Å². The Morgan fingerprint density at radius 3 is 2.50 bits per heavy atom. The Labute approximate surface area is 83.7 Å². The summed E-state index contributed by atoms with van der Waals surface area (Å²) in [7, 11) is 0. The van der Waals surface area contributed by atoms with E-state index in [0.717, 1.165) is 0 Å². The van der Waals surface area contributed by atoms with Crippen LogP contribution < -0.4 is 4.74 Å². The zero-order valence-electron chi connectivity index (χ0n) is 7.23. The molecule has 1 rings (SSSR count). The van der Waals surface area contributed by atoms with Gasteiger partial charge < -0.3 is 4.74 Å². The molecule has 0 atom stereocenters. The second-order valence-corrected chi connectivity index (χ2v) is 2.83. The molecule has 0 unspecified atom stereocenters. The number of halogens is 4. The van der Waals surface area contributed by atoms with E-state index in [4.69, 9.17) is 11.6 Å². The molecule has 1 heterocycles. The molecule has 0 aliphatic heterocycles. The van der Waals surface area contributed by atoms with Crippen molar-refractivity contribution in [2.75, 3.05) is 0 Å². The average Bonchev–Trinajstić information content (AvgIpc) is 2.06. The maximum absolute atomic E-state index is 11.8. The highest BCUT2D eigenvalue weighted by Gasteiger charge is 2.31. The van der Waals surface area contributed by atoms with Crippen LogP contribution in [-0.4, -0.2) is 11.3 Å². The molecule has 0 radical (unpaired) electrons. The molecule has 0 saturated heterocycles. The first kappa shape index (κ1) is 11.1. The summed E-state index contributed by atoms with van der Waals surface area (Å²) in [5.74, 6) is -0.140. The fourth-order valence-electron chi connectivity index (χ4n) is 0.907. The van der Waals surface area contributed by atoms with Gasteiger partial charge in [0.1, 0.15) is 0 Å². The highest BCUT2D eigenvalue weighted by molar-refractivity contribution is 6.16. The number of rotatable bonds is 2. The summed E-state index contributed by atoms with van der Waals surface area (Å²) < 4.78 is 39.2. The first-order chi connectivity index (χ1) is 6.42. The monoisotopic (exact) mass is 225 g/mol. The largest absolute Gasteiger partial charge is 0.573 e. The van der Waals surface area contributed by atoms with Crippen LogP contribution in [0, 0.1) is 6.92 Å². The van der Waals surface area contributed by atoms with Gasteiger partial charge in [0, 0.05) is 0 Å². The highest BCUT2D eigenvalue weighted by atomic mass is 35.5. The second kappa shape index (κ2) is 4.04. The molecule has 1 aromatic rings. The minimum Gasteiger partial charge on any atom is -0.404 e. The Morgan fingerprint density at radius 2 is 2.07 bits per heavy atom. The van der Waals surface area contributed by atoms with E-state index in [1.807, 2.05) is 0 Å². The lowest BCUT2D eigenvalue weighted by Crippen LogP contribution is -2.18. The molecule has 6 heteroatoms. The van der Waals surface area contributed by atoms with Gasteiger partial charge in [0.05, 0.1) is 17.3 Å². The molecule has 0 bridgehead atoms. The number of pyridine rings is 1. The summed E-state index contributed by atoms with van der Waals surface area (Å²) in [6.07, 6.45) is -4.69. The van der Waals surface area contributed by atoms with E-state index in [0.29, 0.717) is 5.69 Å². The predicted octanol–water partition coefficient (Wildman–Crippen LogP) is 3.03. The molecule has 78 valence electrons. The number of hydrogen-bond donors (Lipinski definition) is 0. The molecule has 0 saturated carbocycles. The van der Waals surface area contributed by atoms with Crippen molar-refractivity contribution in [3.8, 4) is 5.75 Å². The number of aryl methyl sites for hydroxylation is 1. The highest BCUT2D eigenvalue weighted by Crippen LogP contribution is 2.25. The van der Waals surface area contributed by atoms with Gasteiger partial charge in [-0.05, 0) is 19.1 Å². The first-order valence-electron chi connectivity index (χ1n) is 3.70. The molecule has 0 spiro atoms. The topological polar surface area (TPSA) is 22.1 Å². The van der Waals surface area contributed by atoms with Crippen molar-refractivity contribution in [1.82, 2.24) is 4.98 Å². The third-order valence-corrected chi connectivity index (χ3v) is 1.73. The zero-order valence-corrected chi connectivity index (χ0v) is 7.99. The number of aromatic nitrogens is 1. The molecule has 0 fully saturated rings. The van der Waals surface area contributed by atoms with Crippen LogP contribution in [0.25, 0.3) is 0 Å². The van der Waals surface area contributed by atoms with Crippen LogP contribution in [0.2, 0.25) is 0 Å². The molecular weight excluding hydrogens is 219 g/mol. The van der Waals surface area contributed by atoms with Gasteiger partial charge in [0.25, 0.3) is 0 Å². The number of ether oxygens (including phenoxy) is 1. The summed E-state index contributed by atoms with van der Waals surface area (Å²) in [6, 6.07) is 2.59. The lowest BCUT2D eigenvalue weighted by molar-refractivity contribution is -0.275. The van der Waals surface area contributed by atoms with Crippen LogP contribution in [0.15, 0.2) is 12.1 Å². The van der Waals surface area contributed by atoms with Crippen molar-refractivity contribution < 1.29 is 17.9 Å². The number of alkyl halides is 4. The van der Waals surface area contributed by atoms with Crippen molar-refractivity contribution in [2.45, 2.75) is 19.2 Å². The van der Waals surface area contributed by atoms with E-state index in [1.54, 1.807) is 0 Å². The van der Waals surface area contributed by atoms with E-state index in [-0.39, 0.29) is 17.3 Å². The van der Waals surface area contributed by atoms with Crippen molar-refractivity contribution in [3.63, 3.8) is 0 Å². The molecule has 1 aromatic heterocycles. The van der Waals surface area contributed by atoms with E-state index >= 15 is 0 Å². The fourth-order valence-corrected chi connectivity index (χ4v) is 1.06. The van der Waals surface area contributed by atoms with E-state index < -0.39 is 6.36 Å². The van der Waals surface area contributed by atoms with Crippen LogP contribution in [0.3, 0.4) is 0 Å². The Hall–Kier alpha value is -0.970. The van der Waals surface area contributed by atoms with E-state index in [9.17, 15) is 13.2 Å². The van der Waals surface area contributed by atoms with E-state index in [2.05, 4.69) is 9.72 Å². The Morgan fingerprint density at radius 1 is 1.43 bits per heavy atom. The number of hydrogen-bond acceptors (Lipinski definition) is 2. The van der Waals surface area contributed by atoms with Crippen LogP contribution in [0.4, 0.5) is 13.2 Å². The average molecular weight is 226 g/mol. The van der Waals surface area contributed by atoms with Crippen LogP contribution in [0.1, 0.15) is 11.4 Å². The van der Waals surface area contributed by atoms with Gasteiger partial charge in [-0.1, -0.05) is 0 Å². The first-order valence-corrected chi connectivity index (χ1v) is 4.24. The maximum atomic E-state index is 11.8. The fraction of sp³-hybridized carbons (Fsp3) is 0.375. The molecule has 0 aliphatic carbocycles. The Kier molecular flexibility index (Phi) is 3.21. The minimum atomic E-state index is -4.69. The lowest BCUT2D eigenvalue weighted by Gasteiger charge is -2.10. The third-order valence-electron chi connectivity index (χ3n) is 1.46. The Balaban J connectivity index is 2.89. The minimum absolute atomic E-state index is 0.160. The molecule has 0 aliphatic rings. The smallest absolute Gasteiger partial charge is 0.404 e. The lowest BCUT2D eigenvalue weighted by atomic mass is 10.3. The van der Waals surface area contributed by atoms with Gasteiger partial charge in [-0.15, -0.1) is 24.8 Å².